The number of benzene rings is 2. The van der Waals surface area contributed by atoms with Gasteiger partial charge in [-0.2, -0.15) is 0 Å². The molecule has 0 aromatic heterocycles. The quantitative estimate of drug-likeness (QED) is 0.127. The molecule has 1 aliphatic carbocycles. The van der Waals surface area contributed by atoms with E-state index in [0.29, 0.717) is 43.4 Å². The van der Waals surface area contributed by atoms with Gasteiger partial charge in [-0.1, -0.05) is 42.2 Å². The number of hydrogen-bond acceptors (Lipinski definition) is 8. The highest BCUT2D eigenvalue weighted by Crippen LogP contribution is 2.47. The van der Waals surface area contributed by atoms with Crippen molar-refractivity contribution in [2.45, 2.75) is 63.1 Å². The van der Waals surface area contributed by atoms with Crippen LogP contribution in [0.3, 0.4) is 0 Å². The van der Waals surface area contributed by atoms with Crippen LogP contribution in [-0.4, -0.2) is 60.8 Å². The van der Waals surface area contributed by atoms with E-state index in [1.165, 1.54) is 0 Å². The van der Waals surface area contributed by atoms with E-state index in [9.17, 15) is 18.0 Å². The van der Waals surface area contributed by atoms with Gasteiger partial charge in [0.05, 0.1) is 31.3 Å². The number of rotatable bonds is 8. The molecule has 0 radical (unpaired) electrons. The van der Waals surface area contributed by atoms with Crippen molar-refractivity contribution in [3.63, 3.8) is 0 Å². The molecule has 1 amide bonds. The van der Waals surface area contributed by atoms with Crippen molar-refractivity contribution in [3.8, 4) is 5.75 Å². The summed E-state index contributed by atoms with van der Waals surface area (Å²) < 4.78 is 37.9. The second-order valence-electron chi connectivity index (χ2n) is 10.2. The minimum absolute atomic E-state index is 0.163. The number of esters is 1. The van der Waals surface area contributed by atoms with Crippen molar-refractivity contribution in [3.05, 3.63) is 75.2 Å². The van der Waals surface area contributed by atoms with Gasteiger partial charge in [0, 0.05) is 16.9 Å². The van der Waals surface area contributed by atoms with E-state index in [0.717, 1.165) is 27.7 Å². The van der Waals surface area contributed by atoms with Gasteiger partial charge < -0.3 is 14.4 Å². The van der Waals surface area contributed by atoms with E-state index >= 15 is 0 Å². The molecule has 0 saturated heterocycles. The standard InChI is InChI=1S/C27H32N6O6S/c1-2-38-27(35)24-19-7-3-4-8-20(19)26(34)32(25(24)18-11-12-23-17(15-18)13-14-39-23)21-9-5-6-10-22(21)33(29)40(36,37)16-30-31-28/h3-4,7-8,11-12,15,21-22,24-25H,2,5-6,9-10,13-14,16,29H2,1H3. The van der Waals surface area contributed by atoms with E-state index < -0.39 is 45.9 Å². The highest BCUT2D eigenvalue weighted by atomic mass is 32.2. The van der Waals surface area contributed by atoms with Crippen molar-refractivity contribution in [1.82, 2.24) is 9.31 Å². The fourth-order valence-electron chi connectivity index (χ4n) is 6.23. The number of amides is 1. The van der Waals surface area contributed by atoms with Crippen LogP contribution < -0.4 is 10.6 Å². The summed E-state index contributed by atoms with van der Waals surface area (Å²) in [7, 11) is -4.16. The van der Waals surface area contributed by atoms with Crippen molar-refractivity contribution in [1.29, 1.82) is 0 Å². The highest BCUT2D eigenvalue weighted by molar-refractivity contribution is 7.89. The molecule has 12 nitrogen and oxygen atoms in total. The third kappa shape index (κ3) is 5.01. The lowest BCUT2D eigenvalue weighted by Crippen LogP contribution is -2.61. The SMILES string of the molecule is CCOC(=O)C1c2ccccc2C(=O)N(C2CCCCC2N(N)S(=O)(=O)CN=[N+]=[N-])C1c1ccc2c(c1)CCO2. The van der Waals surface area contributed by atoms with Gasteiger partial charge in [0.1, 0.15) is 17.5 Å². The molecule has 0 bridgehead atoms. The molecule has 5 rings (SSSR count). The van der Waals surface area contributed by atoms with E-state index in [1.807, 2.05) is 18.2 Å². The fourth-order valence-corrected chi connectivity index (χ4v) is 7.22. The van der Waals surface area contributed by atoms with Gasteiger partial charge in [-0.15, -0.1) is 4.41 Å². The van der Waals surface area contributed by atoms with Crippen LogP contribution in [0.15, 0.2) is 47.6 Å². The maximum atomic E-state index is 14.3. The number of carbonyl (C=O) groups is 2. The molecule has 4 unspecified atom stereocenters. The van der Waals surface area contributed by atoms with Crippen LogP contribution in [0.4, 0.5) is 0 Å². The molecule has 1 saturated carbocycles. The third-order valence-corrected chi connectivity index (χ3v) is 9.31. The van der Waals surface area contributed by atoms with Crippen molar-refractivity contribution in [2.24, 2.45) is 11.0 Å². The molecule has 2 aromatic carbocycles. The summed E-state index contributed by atoms with van der Waals surface area (Å²) in [4.78, 5) is 32.2. The summed E-state index contributed by atoms with van der Waals surface area (Å²) in [6.07, 6.45) is 3.02. The van der Waals surface area contributed by atoms with E-state index in [2.05, 4.69) is 10.0 Å². The van der Waals surface area contributed by atoms with Gasteiger partial charge >= 0.3 is 5.97 Å². The smallest absolute Gasteiger partial charge is 0.315 e. The summed E-state index contributed by atoms with van der Waals surface area (Å²) in [6, 6.07) is 10.4. The Hall–Kier alpha value is -3.64. The number of carbonyl (C=O) groups excluding carboxylic acids is 2. The van der Waals surface area contributed by atoms with Crippen LogP contribution >= 0.6 is 0 Å². The maximum Gasteiger partial charge on any atom is 0.315 e. The molecular formula is C27H32N6O6S. The van der Waals surface area contributed by atoms with Crippen LogP contribution in [0.2, 0.25) is 0 Å². The monoisotopic (exact) mass is 568 g/mol. The number of sulfonamides is 1. The lowest BCUT2D eigenvalue weighted by Gasteiger charge is -2.50. The summed E-state index contributed by atoms with van der Waals surface area (Å²) in [5.74, 6) is 4.52. The second-order valence-corrected chi connectivity index (χ2v) is 12.0. The molecule has 212 valence electrons. The zero-order valence-electron chi connectivity index (χ0n) is 22.2. The lowest BCUT2D eigenvalue weighted by molar-refractivity contribution is -0.147. The summed E-state index contributed by atoms with van der Waals surface area (Å²) >= 11 is 0. The Morgan fingerprint density at radius 3 is 2.80 bits per heavy atom. The number of azide groups is 1. The molecule has 2 aliphatic heterocycles. The van der Waals surface area contributed by atoms with E-state index in [-0.39, 0.29) is 12.5 Å². The number of hydrazine groups is 1. The first-order valence-corrected chi connectivity index (χ1v) is 15.0. The largest absolute Gasteiger partial charge is 0.493 e. The van der Waals surface area contributed by atoms with Gasteiger partial charge in [0.25, 0.3) is 5.91 Å². The van der Waals surface area contributed by atoms with Crippen LogP contribution in [0, 0.1) is 0 Å². The Kier molecular flexibility index (Phi) is 7.99. The predicted octanol–water partition coefficient (Wildman–Crippen LogP) is 3.55. The molecule has 2 aromatic rings. The Morgan fingerprint density at radius 2 is 2.02 bits per heavy atom. The molecule has 40 heavy (non-hydrogen) atoms. The van der Waals surface area contributed by atoms with Crippen LogP contribution in [0.5, 0.6) is 5.75 Å². The molecule has 2 N–H and O–H groups in total. The molecular weight excluding hydrogens is 536 g/mol. The van der Waals surface area contributed by atoms with Gasteiger partial charge in [-0.05, 0) is 60.2 Å². The Morgan fingerprint density at radius 1 is 1.25 bits per heavy atom. The normalized spacial score (nSPS) is 24.1. The summed E-state index contributed by atoms with van der Waals surface area (Å²) in [5, 5.41) is 3.21. The van der Waals surface area contributed by atoms with Crippen molar-refractivity contribution in [2.75, 3.05) is 19.1 Å². The minimum Gasteiger partial charge on any atom is -0.493 e. The first-order valence-electron chi connectivity index (χ1n) is 13.4. The van der Waals surface area contributed by atoms with Crippen LogP contribution in [-0.2, 0) is 26.0 Å². The lowest BCUT2D eigenvalue weighted by atomic mass is 9.76. The van der Waals surface area contributed by atoms with Crippen molar-refractivity contribution >= 4 is 21.9 Å². The average molecular weight is 569 g/mol. The van der Waals surface area contributed by atoms with Gasteiger partial charge in [0.2, 0.25) is 10.0 Å². The molecule has 13 heteroatoms. The van der Waals surface area contributed by atoms with Crippen LogP contribution in [0.1, 0.15) is 71.6 Å². The topological polar surface area (TPSA) is 168 Å². The molecule has 2 heterocycles. The zero-order valence-corrected chi connectivity index (χ0v) is 23.0. The fraction of sp³-hybridized carbons (Fsp3) is 0.481. The first kappa shape index (κ1) is 27.9. The summed E-state index contributed by atoms with van der Waals surface area (Å²) in [6.45, 7) is 2.44. The molecule has 4 atom stereocenters. The zero-order chi connectivity index (χ0) is 28.4. The average Bonchev–Trinajstić information content (AvgIpc) is 3.44. The second kappa shape index (κ2) is 11.5. The van der Waals surface area contributed by atoms with Gasteiger partial charge in [0.15, 0.2) is 0 Å². The first-order chi connectivity index (χ1) is 19.3. The highest BCUT2D eigenvalue weighted by Gasteiger charge is 2.50. The molecule has 0 spiro atoms. The number of nitrogens with two attached hydrogens (primary N) is 1. The third-order valence-electron chi connectivity index (χ3n) is 7.96. The summed E-state index contributed by atoms with van der Waals surface area (Å²) in [5.41, 5.74) is 11.3. The Balaban J connectivity index is 1.67. The number of hydrogen-bond donors (Lipinski definition) is 1. The number of nitrogens with zero attached hydrogens (tertiary/aromatic N) is 5. The van der Waals surface area contributed by atoms with E-state index in [4.69, 9.17) is 20.8 Å². The van der Waals surface area contributed by atoms with Crippen LogP contribution in [0.25, 0.3) is 10.4 Å². The van der Waals surface area contributed by atoms with Gasteiger partial charge in [-0.3, -0.25) is 15.4 Å². The Bertz CT molecular complexity index is 1460. The van der Waals surface area contributed by atoms with E-state index in [1.54, 1.807) is 36.1 Å². The van der Waals surface area contributed by atoms with Gasteiger partial charge in [-0.25, -0.2) is 8.42 Å². The molecule has 3 aliphatic rings. The maximum absolute atomic E-state index is 14.3. The number of ether oxygens (including phenoxy) is 2. The van der Waals surface area contributed by atoms with Crippen molar-refractivity contribution < 1.29 is 27.5 Å². The Labute approximate surface area is 232 Å². The predicted molar refractivity (Wildman–Crippen MR) is 145 cm³/mol. The number of fused-ring (bicyclic) bond motifs is 2. The molecule has 1 fully saturated rings. The minimum atomic E-state index is -4.16.